The van der Waals surface area contributed by atoms with Crippen LogP contribution < -0.4 is 5.32 Å². The van der Waals surface area contributed by atoms with Gasteiger partial charge in [0.25, 0.3) is 0 Å². The van der Waals surface area contributed by atoms with Gasteiger partial charge in [-0.3, -0.25) is 4.79 Å². The standard InChI is InChI=1S/C8H13NO/c1-5-6-9-8(3,4)7(2)10/h1,9H,6H2,2-4H3/p+1. The summed E-state index contributed by atoms with van der Waals surface area (Å²) in [6, 6.07) is 0. The molecule has 2 N–H and O–H groups in total. The first-order chi connectivity index (χ1) is 4.50. The van der Waals surface area contributed by atoms with E-state index in [1.54, 1.807) is 6.92 Å². The third-order valence-electron chi connectivity index (χ3n) is 1.64. The second kappa shape index (κ2) is 3.38. The Labute approximate surface area is 62.0 Å². The molecule has 0 spiro atoms. The molecule has 2 nitrogen and oxygen atoms in total. The largest absolute Gasteiger partial charge is 0.326 e. The molecule has 0 fully saturated rings. The fourth-order valence-corrected chi connectivity index (χ4v) is 0.458. The number of quaternary nitrogens is 1. The zero-order chi connectivity index (χ0) is 8.20. The lowest BCUT2D eigenvalue weighted by Gasteiger charge is -2.17. The van der Waals surface area contributed by atoms with Crippen molar-refractivity contribution in [3.63, 3.8) is 0 Å². The molecule has 0 aromatic carbocycles. The van der Waals surface area contributed by atoms with Gasteiger partial charge >= 0.3 is 0 Å². The normalized spacial score (nSPS) is 10.6. The van der Waals surface area contributed by atoms with Crippen LogP contribution >= 0.6 is 0 Å². The van der Waals surface area contributed by atoms with Gasteiger partial charge in [0.15, 0.2) is 5.78 Å². The summed E-state index contributed by atoms with van der Waals surface area (Å²) in [5.74, 6) is 2.63. The number of nitrogens with two attached hydrogens (primary N) is 1. The Morgan fingerprint density at radius 1 is 1.70 bits per heavy atom. The van der Waals surface area contributed by atoms with Gasteiger partial charge in [-0.2, -0.15) is 0 Å². The molecule has 0 amide bonds. The molecule has 0 aliphatic heterocycles. The molecule has 0 aromatic heterocycles. The van der Waals surface area contributed by atoms with Crippen molar-refractivity contribution >= 4 is 5.78 Å². The topological polar surface area (TPSA) is 33.7 Å². The Kier molecular flexibility index (Phi) is 3.11. The number of carbonyl (C=O) groups is 1. The molecule has 0 heterocycles. The Bertz CT molecular complexity index is 165. The van der Waals surface area contributed by atoms with Crippen molar-refractivity contribution in [2.24, 2.45) is 0 Å². The maximum atomic E-state index is 10.9. The minimum atomic E-state index is -0.355. The third kappa shape index (κ3) is 2.65. The Morgan fingerprint density at radius 3 is 2.50 bits per heavy atom. The first kappa shape index (κ1) is 9.19. The molecule has 0 aliphatic carbocycles. The van der Waals surface area contributed by atoms with Crippen molar-refractivity contribution in [3.8, 4) is 12.3 Å². The Hall–Kier alpha value is -0.810. The van der Waals surface area contributed by atoms with Crippen LogP contribution in [0.1, 0.15) is 20.8 Å². The molecule has 0 saturated heterocycles. The van der Waals surface area contributed by atoms with Crippen molar-refractivity contribution in [3.05, 3.63) is 0 Å². The van der Waals surface area contributed by atoms with E-state index in [-0.39, 0.29) is 11.3 Å². The van der Waals surface area contributed by atoms with Gasteiger partial charge in [-0.25, -0.2) is 0 Å². The minimum Gasteiger partial charge on any atom is -0.326 e. The van der Waals surface area contributed by atoms with Gasteiger partial charge in [0.2, 0.25) is 0 Å². The number of ketones is 1. The van der Waals surface area contributed by atoms with Crippen LogP contribution in [0.3, 0.4) is 0 Å². The zero-order valence-electron chi connectivity index (χ0n) is 6.77. The van der Waals surface area contributed by atoms with Crippen molar-refractivity contribution in [1.29, 1.82) is 0 Å². The van der Waals surface area contributed by atoms with Crippen LogP contribution in [0.4, 0.5) is 0 Å². The SMILES string of the molecule is C#CC[NH2+]C(C)(C)C(C)=O. The summed E-state index contributed by atoms with van der Waals surface area (Å²) in [5.41, 5.74) is -0.355. The molecule has 0 rings (SSSR count). The Balaban J connectivity index is 3.90. The molecule has 0 unspecified atom stereocenters. The van der Waals surface area contributed by atoms with E-state index in [2.05, 4.69) is 5.92 Å². The summed E-state index contributed by atoms with van der Waals surface area (Å²) in [4.78, 5) is 10.9. The maximum absolute atomic E-state index is 10.9. The lowest BCUT2D eigenvalue weighted by atomic mass is 10.0. The third-order valence-corrected chi connectivity index (χ3v) is 1.64. The van der Waals surface area contributed by atoms with Crippen LogP contribution in [-0.2, 0) is 4.79 Å². The van der Waals surface area contributed by atoms with Gasteiger partial charge < -0.3 is 5.32 Å². The monoisotopic (exact) mass is 140 g/mol. The molecule has 56 valence electrons. The average molecular weight is 140 g/mol. The van der Waals surface area contributed by atoms with Crippen molar-refractivity contribution in [2.45, 2.75) is 26.3 Å². The van der Waals surface area contributed by atoms with Gasteiger partial charge in [-0.15, -0.1) is 6.42 Å². The van der Waals surface area contributed by atoms with Crippen LogP contribution in [-0.4, -0.2) is 17.9 Å². The molecule has 0 aromatic rings. The predicted octanol–water partition coefficient (Wildman–Crippen LogP) is -0.449. The molecule has 0 aliphatic rings. The highest BCUT2D eigenvalue weighted by atomic mass is 16.1. The van der Waals surface area contributed by atoms with E-state index in [1.165, 1.54) is 0 Å². The first-order valence-corrected chi connectivity index (χ1v) is 3.29. The molecule has 0 bridgehead atoms. The van der Waals surface area contributed by atoms with Crippen LogP contribution in [0.15, 0.2) is 0 Å². The molecule has 2 heteroatoms. The van der Waals surface area contributed by atoms with E-state index in [4.69, 9.17) is 6.42 Å². The van der Waals surface area contributed by atoms with Crippen molar-refractivity contribution < 1.29 is 10.1 Å². The van der Waals surface area contributed by atoms with Crippen molar-refractivity contribution in [2.75, 3.05) is 6.54 Å². The summed E-state index contributed by atoms with van der Waals surface area (Å²) < 4.78 is 0. The fourth-order valence-electron chi connectivity index (χ4n) is 0.458. The lowest BCUT2D eigenvalue weighted by Crippen LogP contribution is -2.97. The molecule has 0 atom stereocenters. The summed E-state index contributed by atoms with van der Waals surface area (Å²) in [5, 5.41) is 1.86. The highest BCUT2D eigenvalue weighted by Crippen LogP contribution is 1.94. The van der Waals surface area contributed by atoms with Gasteiger partial charge in [-0.05, 0) is 19.8 Å². The summed E-state index contributed by atoms with van der Waals surface area (Å²) >= 11 is 0. The van der Waals surface area contributed by atoms with E-state index in [9.17, 15) is 4.79 Å². The second-order valence-corrected chi connectivity index (χ2v) is 2.89. The molecular formula is C8H14NO+. The number of rotatable bonds is 3. The maximum Gasteiger partial charge on any atom is 0.189 e. The van der Waals surface area contributed by atoms with Gasteiger partial charge in [0.05, 0.1) is 0 Å². The highest BCUT2D eigenvalue weighted by molar-refractivity contribution is 5.83. The molecule has 10 heavy (non-hydrogen) atoms. The summed E-state index contributed by atoms with van der Waals surface area (Å²) in [7, 11) is 0. The van der Waals surface area contributed by atoms with Crippen LogP contribution in [0.5, 0.6) is 0 Å². The number of carbonyl (C=O) groups excluding carboxylic acids is 1. The van der Waals surface area contributed by atoms with E-state index < -0.39 is 0 Å². The first-order valence-electron chi connectivity index (χ1n) is 3.29. The van der Waals surface area contributed by atoms with Gasteiger partial charge in [0.1, 0.15) is 12.1 Å². The minimum absolute atomic E-state index is 0.155. The number of hydrogen-bond acceptors (Lipinski definition) is 1. The van der Waals surface area contributed by atoms with Gasteiger partial charge in [-0.1, -0.05) is 0 Å². The Morgan fingerprint density at radius 2 is 2.20 bits per heavy atom. The van der Waals surface area contributed by atoms with E-state index in [0.717, 1.165) is 0 Å². The van der Waals surface area contributed by atoms with Crippen LogP contribution in [0.2, 0.25) is 0 Å². The highest BCUT2D eigenvalue weighted by Gasteiger charge is 2.25. The van der Waals surface area contributed by atoms with Gasteiger partial charge in [0, 0.05) is 6.92 Å². The van der Waals surface area contributed by atoms with Crippen LogP contribution in [0, 0.1) is 12.3 Å². The number of Topliss-reactive ketones (excluding diaryl/α,β-unsaturated/α-hetero) is 1. The molecule has 0 radical (unpaired) electrons. The van der Waals surface area contributed by atoms with E-state index in [0.29, 0.717) is 6.54 Å². The van der Waals surface area contributed by atoms with Crippen molar-refractivity contribution in [1.82, 2.24) is 0 Å². The quantitative estimate of drug-likeness (QED) is 0.529. The molecular weight excluding hydrogens is 126 g/mol. The molecule has 0 saturated carbocycles. The number of hydrogen-bond donors (Lipinski definition) is 1. The van der Waals surface area contributed by atoms with E-state index >= 15 is 0 Å². The number of terminal acetylenes is 1. The lowest BCUT2D eigenvalue weighted by molar-refractivity contribution is -0.696. The zero-order valence-corrected chi connectivity index (χ0v) is 6.77. The predicted molar refractivity (Wildman–Crippen MR) is 40.4 cm³/mol. The summed E-state index contributed by atoms with van der Waals surface area (Å²) in [6.07, 6.45) is 5.04. The fraction of sp³-hybridized carbons (Fsp3) is 0.625. The average Bonchev–Trinajstić information content (AvgIpc) is 1.84. The second-order valence-electron chi connectivity index (χ2n) is 2.89. The van der Waals surface area contributed by atoms with Crippen LogP contribution in [0.25, 0.3) is 0 Å². The smallest absolute Gasteiger partial charge is 0.189 e. The summed E-state index contributed by atoms with van der Waals surface area (Å²) in [6.45, 7) is 5.87. The van der Waals surface area contributed by atoms with E-state index in [1.807, 2.05) is 19.2 Å².